The number of nitrogen functional groups attached to an aromatic ring is 2. The number of methoxy groups -OCH3 is 1. The summed E-state index contributed by atoms with van der Waals surface area (Å²) in [6.07, 6.45) is 19.0. The van der Waals surface area contributed by atoms with E-state index in [2.05, 4.69) is 38.5 Å². The number of ether oxygens (including phenoxy) is 12. The van der Waals surface area contributed by atoms with Crippen molar-refractivity contribution < 1.29 is 95.8 Å². The molecule has 30 nitrogen and oxygen atoms in total. The Kier molecular flexibility index (Phi) is 39.7. The summed E-state index contributed by atoms with van der Waals surface area (Å²) in [4.78, 5) is 71.5. The molecule has 4 aliphatic heterocycles. The van der Waals surface area contributed by atoms with Crippen LogP contribution in [0.4, 0.5) is 11.8 Å². The zero-order chi connectivity index (χ0) is 85.1. The van der Waals surface area contributed by atoms with Gasteiger partial charge < -0.3 is 103 Å². The van der Waals surface area contributed by atoms with Crippen LogP contribution in [0, 0.1) is 23.7 Å². The van der Waals surface area contributed by atoms with Gasteiger partial charge >= 0.3 is 0 Å². The van der Waals surface area contributed by atoms with Crippen LogP contribution in [0.3, 0.4) is 0 Å². The first-order chi connectivity index (χ1) is 58.2. The van der Waals surface area contributed by atoms with Crippen LogP contribution < -0.4 is 16.8 Å². The van der Waals surface area contributed by atoms with E-state index in [0.29, 0.717) is 240 Å². The van der Waals surface area contributed by atoms with E-state index in [9.17, 15) is 34.5 Å². The molecule has 3 fully saturated rings. The zero-order valence-electron chi connectivity index (χ0n) is 71.1. The highest BCUT2D eigenvalue weighted by Gasteiger charge is 2.42. The van der Waals surface area contributed by atoms with Crippen LogP contribution in [0.5, 0.6) is 0 Å². The molecule has 0 spiro atoms. The highest BCUT2D eigenvalue weighted by molar-refractivity contribution is 7.80. The number of aromatic nitrogens is 5. The highest BCUT2D eigenvalue weighted by atomic mass is 32.1. The van der Waals surface area contributed by atoms with Crippen LogP contribution in [0.25, 0.3) is 33.4 Å². The van der Waals surface area contributed by atoms with Crippen molar-refractivity contribution in [2.75, 3.05) is 144 Å². The fraction of sp³-hybridized carbons (Fsp3) is 0.652. The lowest BCUT2D eigenvalue weighted by atomic mass is 9.83. The number of nitrogens with one attached hydrogen (secondary N) is 1. The van der Waals surface area contributed by atoms with Crippen molar-refractivity contribution in [2.45, 2.75) is 218 Å². The first-order valence-corrected chi connectivity index (χ1v) is 43.6. The molecule has 5 aromatic rings. The zero-order valence-corrected chi connectivity index (χ0v) is 71.9. The summed E-state index contributed by atoms with van der Waals surface area (Å²) in [6.45, 7) is 18.6. The number of oxazole rings is 1. The molecule has 7 heterocycles. The molecule has 2 amide bonds. The normalized spacial score (nSPS) is 25.7. The van der Waals surface area contributed by atoms with Crippen molar-refractivity contribution in [3.8, 4) is 11.3 Å². The van der Waals surface area contributed by atoms with Crippen molar-refractivity contribution in [1.29, 1.82) is 0 Å². The second-order valence-corrected chi connectivity index (χ2v) is 32.7. The largest absolute Gasteiger partial charge is 0.468 e. The Balaban J connectivity index is 0.518. The van der Waals surface area contributed by atoms with E-state index in [0.717, 1.165) is 80.1 Å². The molecule has 2 aromatic carbocycles. The number of piperidine rings is 1. The van der Waals surface area contributed by atoms with Crippen LogP contribution in [0.2, 0.25) is 0 Å². The smallest absolute Gasteiger partial charge is 0.293 e. The number of hydrogen-bond donors (Lipinski definition) is 6. The van der Waals surface area contributed by atoms with Gasteiger partial charge in [0.1, 0.15) is 47.8 Å². The lowest BCUT2D eigenvalue weighted by Gasteiger charge is -2.40. The standard InChI is InChI=1S/C89H130N10O20S/c1-59-13-8-7-9-14-61(3)76(107-6)55-71-15-12-17-75(116-71)82(103)86(105)98-33-11-10-16-73(98)87(106)117-69(25-18-60(2)52-63(5)81(102)83(104)80(101)62(4)51-59)26-20-64-21-27-70(28-22-64)118-89(120)92-32-36-109-38-40-111-42-44-113-46-48-115-50-49-114-47-45-112-43-41-110-39-37-108-35-31-77(100)97-34-30-66-53-65(19-23-68(66)57-97)56-99-85-78(84(90)93-58-94-85)79(96-99)67-24-29-74-72(54-67)95-88(91)119-74/h7-9,13-14,19,23-24,29,52-54,58-60,62,64,69-71,73,75-76,81,83,87,102,104,106H,10-12,15-18,20-22,25-28,30-51,55-57H2,1-6H3,(H2,91,95)(H,92,120)(H2,90,93,94)/b9-7?,13-8+,61-14?,63-52+/t59-,60+,62-,64?,69+,70?,71+,73+,75?,76+,81-,83+,87?/m1/s1. The predicted octanol–water partition coefficient (Wildman–Crippen LogP) is 9.87. The molecule has 8 N–H and O–H groups in total. The third kappa shape index (κ3) is 29.9. The molecule has 2 saturated heterocycles. The van der Waals surface area contributed by atoms with Crippen LogP contribution in [0.15, 0.2) is 94.7 Å². The number of nitrogens with zero attached hydrogens (tertiary/aromatic N) is 7. The Morgan fingerprint density at radius 3 is 2.05 bits per heavy atom. The minimum atomic E-state index is -1.58. The summed E-state index contributed by atoms with van der Waals surface area (Å²) in [7, 11) is 1.65. The number of Topliss-reactive ketones (excluding diaryl/α,β-unsaturated/α-hetero) is 2. The fourth-order valence-corrected chi connectivity index (χ4v) is 16.6. The number of hydrogen-bond acceptors (Lipinski definition) is 27. The molecule has 2 bridgehead atoms. The van der Waals surface area contributed by atoms with Crippen molar-refractivity contribution in [3.05, 3.63) is 107 Å². The van der Waals surface area contributed by atoms with Gasteiger partial charge in [0.2, 0.25) is 11.7 Å². The molecule has 662 valence electrons. The van der Waals surface area contributed by atoms with Crippen molar-refractivity contribution >= 4 is 74.7 Å². The molecular weight excluding hydrogens is 1560 g/mol. The number of carbonyl (C=O) groups is 4. The van der Waals surface area contributed by atoms with E-state index < -0.39 is 60.1 Å². The highest BCUT2D eigenvalue weighted by Crippen LogP contribution is 2.36. The molecule has 3 aromatic heterocycles. The van der Waals surface area contributed by atoms with E-state index in [1.807, 2.05) is 78.9 Å². The minimum Gasteiger partial charge on any atom is -0.468 e. The molecule has 5 aliphatic rings. The first kappa shape index (κ1) is 94.7. The molecule has 11 atom stereocenters. The molecule has 10 rings (SSSR count). The van der Waals surface area contributed by atoms with Gasteiger partial charge in [0.25, 0.3) is 17.1 Å². The van der Waals surface area contributed by atoms with Gasteiger partial charge in [0.05, 0.1) is 148 Å². The van der Waals surface area contributed by atoms with Gasteiger partial charge in [-0.15, -0.1) is 0 Å². The number of fused-ring (bicyclic) bond motifs is 6. The maximum absolute atomic E-state index is 14.3. The minimum absolute atomic E-state index is 0.0263. The van der Waals surface area contributed by atoms with Gasteiger partial charge in [0, 0.05) is 51.2 Å². The van der Waals surface area contributed by atoms with Gasteiger partial charge in [0.15, 0.2) is 23.3 Å². The second kappa shape index (κ2) is 50.3. The number of thiocarbonyl (C=S) groups is 1. The third-order valence-electron chi connectivity index (χ3n) is 23.1. The molecular formula is C89H130N10O20S. The summed E-state index contributed by atoms with van der Waals surface area (Å²) in [5.41, 5.74) is 20.2. The predicted molar refractivity (Wildman–Crippen MR) is 457 cm³/mol. The average Bonchev–Trinajstić information content (AvgIpc) is 1.60. The Morgan fingerprint density at radius 1 is 0.675 bits per heavy atom. The van der Waals surface area contributed by atoms with Crippen molar-refractivity contribution in [2.24, 2.45) is 23.7 Å². The Hall–Kier alpha value is -7.57. The summed E-state index contributed by atoms with van der Waals surface area (Å²) >= 11 is 5.57. The van der Waals surface area contributed by atoms with Crippen LogP contribution in [-0.2, 0) is 95.5 Å². The topological polar surface area (TPSA) is 380 Å². The van der Waals surface area contributed by atoms with Crippen LogP contribution in [0.1, 0.15) is 160 Å². The van der Waals surface area contributed by atoms with Crippen molar-refractivity contribution in [3.63, 3.8) is 0 Å². The number of anilines is 2. The van der Waals surface area contributed by atoms with E-state index in [4.69, 9.17) is 90.0 Å². The molecule has 1 saturated carbocycles. The van der Waals surface area contributed by atoms with Gasteiger partial charge in [-0.25, -0.2) is 14.6 Å². The lowest BCUT2D eigenvalue weighted by molar-refractivity contribution is -0.189. The lowest BCUT2D eigenvalue weighted by Crippen LogP contribution is -2.55. The Morgan fingerprint density at radius 2 is 1.36 bits per heavy atom. The number of nitrogens with two attached hydrogens (primary N) is 2. The fourth-order valence-electron chi connectivity index (χ4n) is 16.3. The number of benzene rings is 2. The van der Waals surface area contributed by atoms with E-state index in [-0.39, 0.29) is 48.5 Å². The first-order valence-electron chi connectivity index (χ1n) is 43.2. The number of allylic oxidation sites excluding steroid dienone is 6. The maximum atomic E-state index is 14.3. The van der Waals surface area contributed by atoms with Gasteiger partial charge in [-0.2, -0.15) is 10.1 Å². The second-order valence-electron chi connectivity index (χ2n) is 32.3. The SMILES string of the molecule is CO[C@H]1C[C@@H]2CCCC(O2)C(=O)C(=O)N2CCCC[C@H]2C(O)O[C@H](CCC2CCC(OC(=S)NCCOCCOCCOCCOCCOCCOCCOCCOCCC(=O)N3CCc4cc(Cn5nc(-c6ccc7oc(N)nc7c6)c6c(N)ncnc65)ccc4C3)CC2)CC[C@H](C)/C=C(\C)[C@@H](O)[C@@H](O)C(=O)[C@H](C)C[C@H](C)/C=C/C=CC=C1C. The van der Waals surface area contributed by atoms with E-state index >= 15 is 0 Å². The van der Waals surface area contributed by atoms with Crippen molar-refractivity contribution in [1.82, 2.24) is 39.8 Å². The van der Waals surface area contributed by atoms with Gasteiger partial charge in [-0.05, 0) is 193 Å². The monoisotopic (exact) mass is 1690 g/mol. The molecule has 0 radical (unpaired) electrons. The van der Waals surface area contributed by atoms with Gasteiger partial charge in [-0.3, -0.25) is 19.2 Å². The van der Waals surface area contributed by atoms with E-state index in [1.54, 1.807) is 27.0 Å². The quantitative estimate of drug-likeness (QED) is 0.00950. The maximum Gasteiger partial charge on any atom is 0.293 e. The number of rotatable bonds is 35. The summed E-state index contributed by atoms with van der Waals surface area (Å²) < 4.78 is 77.6. The summed E-state index contributed by atoms with van der Waals surface area (Å²) in [6, 6.07) is 11.2. The molecule has 2 unspecified atom stereocenters. The van der Waals surface area contributed by atoms with Crippen LogP contribution in [-0.4, -0.2) is 266 Å². The molecule has 31 heteroatoms. The number of aliphatic hydroxyl groups is 3. The number of amides is 2. The molecule has 1 aliphatic carbocycles. The van der Waals surface area contributed by atoms with Crippen LogP contribution >= 0.6 is 12.2 Å². The number of ketones is 2. The summed E-state index contributed by atoms with van der Waals surface area (Å²) in [5, 5.41) is 43.6. The Bertz CT molecular complexity index is 4150. The summed E-state index contributed by atoms with van der Waals surface area (Å²) in [5.74, 6) is -1.44. The van der Waals surface area contributed by atoms with E-state index in [1.165, 1.54) is 16.8 Å². The van der Waals surface area contributed by atoms with Gasteiger partial charge in [-0.1, -0.05) is 75.4 Å². The number of carbonyl (C=O) groups excluding carboxylic acids is 4. The molecule has 120 heavy (non-hydrogen) atoms. The Labute approximate surface area is 711 Å². The third-order valence-corrected chi connectivity index (χ3v) is 23.4. The average molecular weight is 1690 g/mol. The number of aliphatic hydroxyl groups excluding tert-OH is 3.